The molecule has 0 radical (unpaired) electrons. The molecule has 4 heteroatoms. The van der Waals surface area contributed by atoms with E-state index in [-0.39, 0.29) is 39.2 Å². The Hall–Kier alpha value is -5.06. The highest BCUT2D eigenvalue weighted by atomic mass is 32.1. The van der Waals surface area contributed by atoms with E-state index in [1.54, 1.807) is 0 Å². The highest BCUT2D eigenvalue weighted by Gasteiger charge is 2.48. The van der Waals surface area contributed by atoms with Crippen LogP contribution in [0.3, 0.4) is 0 Å². The maximum absolute atomic E-state index is 2.74. The first-order valence-corrected chi connectivity index (χ1v) is 26.0. The van der Waals surface area contributed by atoms with Crippen molar-refractivity contribution in [2.75, 3.05) is 9.80 Å². The Bertz CT molecular complexity index is 3180. The van der Waals surface area contributed by atoms with Crippen molar-refractivity contribution < 1.29 is 0 Å². The van der Waals surface area contributed by atoms with Crippen LogP contribution in [0.1, 0.15) is 162 Å². The number of anilines is 6. The van der Waals surface area contributed by atoms with Gasteiger partial charge in [0.25, 0.3) is 6.71 Å². The van der Waals surface area contributed by atoms with E-state index in [0.717, 1.165) is 0 Å². The average molecular weight is 899 g/mol. The topological polar surface area (TPSA) is 6.48 Å². The molecular weight excluding hydrogens is 828 g/mol. The number of hydrogen-bond donors (Lipinski definition) is 0. The van der Waals surface area contributed by atoms with E-state index in [0.29, 0.717) is 0 Å². The third-order valence-corrected chi connectivity index (χ3v) is 18.1. The van der Waals surface area contributed by atoms with E-state index in [1.165, 1.54) is 136 Å². The fourth-order valence-electron chi connectivity index (χ4n) is 12.4. The van der Waals surface area contributed by atoms with E-state index < -0.39 is 0 Å². The first kappa shape index (κ1) is 44.5. The van der Waals surface area contributed by atoms with Crippen molar-refractivity contribution in [3.05, 3.63) is 148 Å². The van der Waals surface area contributed by atoms with E-state index in [9.17, 15) is 0 Å². The summed E-state index contributed by atoms with van der Waals surface area (Å²) in [5.41, 5.74) is 23.5. The third-order valence-electron chi connectivity index (χ3n) is 16.9. The molecule has 67 heavy (non-hydrogen) atoms. The molecule has 0 amide bonds. The molecule has 0 saturated carbocycles. The van der Waals surface area contributed by atoms with Crippen LogP contribution in [0.5, 0.6) is 0 Å². The molecule has 0 saturated heterocycles. The molecule has 342 valence electrons. The first-order valence-electron chi connectivity index (χ1n) is 25.2. The summed E-state index contributed by atoms with van der Waals surface area (Å²) in [6.07, 6.45) is 4.78. The second-order valence-corrected chi connectivity index (χ2v) is 26.8. The van der Waals surface area contributed by atoms with Crippen molar-refractivity contribution in [1.82, 2.24) is 0 Å². The van der Waals surface area contributed by atoms with Gasteiger partial charge in [0.15, 0.2) is 0 Å². The summed E-state index contributed by atoms with van der Waals surface area (Å²) in [7, 11) is 0. The first-order chi connectivity index (χ1) is 31.4. The Morgan fingerprint density at radius 3 is 1.66 bits per heavy atom. The minimum absolute atomic E-state index is 0.00253. The third kappa shape index (κ3) is 6.84. The molecule has 2 aliphatic heterocycles. The Kier molecular flexibility index (Phi) is 9.61. The van der Waals surface area contributed by atoms with E-state index in [1.807, 2.05) is 0 Å². The fraction of sp³-hybridized carbons (Fsp3) is 0.397. The van der Waals surface area contributed by atoms with Gasteiger partial charge in [-0.15, -0.1) is 11.3 Å². The van der Waals surface area contributed by atoms with E-state index >= 15 is 0 Å². The standard InChI is InChI=1S/C63H71BN2S/c1-38-31-52-55-53(32-38)66(50-25-21-40(58(2,3)4)33-43(50)39-19-17-16-18-20-39)51-26-22-41(59(5,6)7)34-49(51)64(55)57-56(44-36-47-48(37-54(44)67-57)63(14,15)30-29-62(47,12)13)65(52)42-23-24-45-46(35-42)61(10,11)28-27-60(45,8)9/h16-26,31-37H,27-30H2,1-15H3. The Labute approximate surface area is 406 Å². The number of aryl methyl sites for hydroxylation is 1. The van der Waals surface area contributed by atoms with Crippen LogP contribution in [0.4, 0.5) is 34.1 Å². The van der Waals surface area contributed by atoms with Crippen LogP contribution in [0.15, 0.2) is 109 Å². The lowest BCUT2D eigenvalue weighted by Crippen LogP contribution is -2.60. The molecule has 0 spiro atoms. The molecule has 0 N–H and O–H groups in total. The second-order valence-electron chi connectivity index (χ2n) is 25.7. The summed E-state index contributed by atoms with van der Waals surface area (Å²) < 4.78 is 2.87. The monoisotopic (exact) mass is 899 g/mol. The van der Waals surface area contributed by atoms with Gasteiger partial charge in [-0.3, -0.25) is 0 Å². The van der Waals surface area contributed by atoms with Gasteiger partial charge in [-0.05, 0) is 175 Å². The quantitative estimate of drug-likeness (QED) is 0.163. The van der Waals surface area contributed by atoms with Gasteiger partial charge in [0, 0.05) is 43.2 Å². The van der Waals surface area contributed by atoms with Crippen LogP contribution in [0, 0.1) is 6.92 Å². The fourth-order valence-corrected chi connectivity index (χ4v) is 13.8. The number of thiophene rings is 1. The molecule has 0 bridgehead atoms. The molecule has 1 aromatic heterocycles. The number of fused-ring (bicyclic) bond motifs is 8. The van der Waals surface area contributed by atoms with Gasteiger partial charge in [-0.1, -0.05) is 152 Å². The van der Waals surface area contributed by atoms with Crippen LogP contribution >= 0.6 is 11.3 Å². The number of benzene rings is 6. The summed E-state index contributed by atoms with van der Waals surface area (Å²) in [6.45, 7) is 36.3. The molecule has 0 fully saturated rings. The van der Waals surface area contributed by atoms with Crippen LogP contribution in [-0.2, 0) is 32.5 Å². The Morgan fingerprint density at radius 2 is 1.04 bits per heavy atom. The molecule has 2 nitrogen and oxygen atoms in total. The lowest BCUT2D eigenvalue weighted by molar-refractivity contribution is 0.332. The van der Waals surface area contributed by atoms with Gasteiger partial charge in [0.2, 0.25) is 0 Å². The molecule has 11 rings (SSSR count). The van der Waals surface area contributed by atoms with Gasteiger partial charge in [-0.2, -0.15) is 0 Å². The zero-order valence-electron chi connectivity index (χ0n) is 43.1. The molecule has 4 aliphatic rings. The van der Waals surface area contributed by atoms with Crippen molar-refractivity contribution >= 4 is 78.0 Å². The smallest absolute Gasteiger partial charge is 0.264 e. The molecular formula is C63H71BN2S. The molecule has 6 aromatic carbocycles. The average Bonchev–Trinajstić information content (AvgIpc) is 3.64. The van der Waals surface area contributed by atoms with Crippen LogP contribution in [0.25, 0.3) is 21.2 Å². The summed E-state index contributed by atoms with van der Waals surface area (Å²) in [5.74, 6) is 0. The number of nitrogens with zero attached hydrogens (tertiary/aromatic N) is 2. The maximum atomic E-state index is 2.74. The number of hydrogen-bond acceptors (Lipinski definition) is 3. The maximum Gasteiger partial charge on any atom is 0.264 e. The zero-order chi connectivity index (χ0) is 47.5. The lowest BCUT2D eigenvalue weighted by Gasteiger charge is -2.45. The Morgan fingerprint density at radius 1 is 0.507 bits per heavy atom. The van der Waals surface area contributed by atoms with Crippen molar-refractivity contribution in [2.45, 2.75) is 162 Å². The summed E-state index contributed by atoms with van der Waals surface area (Å²) in [6, 6.07) is 43.7. The largest absolute Gasteiger partial charge is 0.311 e. The highest BCUT2D eigenvalue weighted by molar-refractivity contribution is 7.33. The molecule has 0 unspecified atom stereocenters. The summed E-state index contributed by atoms with van der Waals surface area (Å²) >= 11 is 2.06. The molecule has 3 heterocycles. The van der Waals surface area contributed by atoms with Crippen molar-refractivity contribution in [1.29, 1.82) is 0 Å². The highest BCUT2D eigenvalue weighted by Crippen LogP contribution is 2.55. The molecule has 0 atom stereocenters. The Balaban J connectivity index is 1.27. The lowest BCUT2D eigenvalue weighted by atomic mass is 9.36. The van der Waals surface area contributed by atoms with Crippen molar-refractivity contribution in [2.24, 2.45) is 0 Å². The van der Waals surface area contributed by atoms with Crippen LogP contribution in [0.2, 0.25) is 0 Å². The van der Waals surface area contributed by atoms with Crippen LogP contribution in [-0.4, -0.2) is 6.71 Å². The minimum atomic E-state index is -0.0244. The van der Waals surface area contributed by atoms with Gasteiger partial charge in [0.1, 0.15) is 0 Å². The summed E-state index contributed by atoms with van der Waals surface area (Å²) in [4.78, 5) is 5.39. The summed E-state index contributed by atoms with van der Waals surface area (Å²) in [5, 5.41) is 1.40. The second kappa shape index (κ2) is 14.5. The minimum Gasteiger partial charge on any atom is -0.311 e. The van der Waals surface area contributed by atoms with E-state index in [2.05, 4.69) is 234 Å². The van der Waals surface area contributed by atoms with Gasteiger partial charge >= 0.3 is 0 Å². The number of rotatable bonds is 3. The SMILES string of the molecule is Cc1cc2c3c(c1)N(c1ccc4c(c1)C(C)(C)CCC4(C)C)c1c(sc4cc5c(cc14)C(C)(C)CCC5(C)C)B3c1cc(C(C)(C)C)ccc1N2c1ccc(C(C)(C)C)cc1-c1ccccc1. The van der Waals surface area contributed by atoms with Crippen molar-refractivity contribution in [3.63, 3.8) is 0 Å². The van der Waals surface area contributed by atoms with Gasteiger partial charge in [-0.25, -0.2) is 0 Å². The molecule has 2 aliphatic carbocycles. The predicted molar refractivity (Wildman–Crippen MR) is 294 cm³/mol. The van der Waals surface area contributed by atoms with Gasteiger partial charge in [0.05, 0.1) is 11.4 Å². The normalized spacial score (nSPS) is 18.5. The van der Waals surface area contributed by atoms with E-state index in [4.69, 9.17) is 0 Å². The van der Waals surface area contributed by atoms with Crippen LogP contribution < -0.4 is 25.5 Å². The zero-order valence-corrected chi connectivity index (χ0v) is 43.9. The van der Waals surface area contributed by atoms with Gasteiger partial charge < -0.3 is 9.80 Å². The molecule has 7 aromatic rings. The predicted octanol–water partition coefficient (Wildman–Crippen LogP) is 16.3. The van der Waals surface area contributed by atoms with Crippen molar-refractivity contribution in [3.8, 4) is 11.1 Å².